The summed E-state index contributed by atoms with van der Waals surface area (Å²) in [5.41, 5.74) is 9.15. The van der Waals surface area contributed by atoms with Crippen LogP contribution in [0.5, 0.6) is 5.75 Å². The molecule has 0 saturated carbocycles. The highest BCUT2D eigenvalue weighted by Crippen LogP contribution is 2.32. The zero-order chi connectivity index (χ0) is 21.8. The van der Waals surface area contributed by atoms with Gasteiger partial charge in [0.15, 0.2) is 0 Å². The highest BCUT2D eigenvalue weighted by atomic mass is 16.5. The zero-order valence-electron chi connectivity index (χ0n) is 18.2. The first kappa shape index (κ1) is 20.9. The normalized spacial score (nSPS) is 15.5. The van der Waals surface area contributed by atoms with Gasteiger partial charge >= 0.3 is 0 Å². The number of nitrogens with zero attached hydrogens (tertiary/aromatic N) is 5. The summed E-state index contributed by atoms with van der Waals surface area (Å²) in [6.45, 7) is 7.28. The lowest BCUT2D eigenvalue weighted by Crippen LogP contribution is -2.45. The minimum absolute atomic E-state index is 0.0589. The smallest absolute Gasteiger partial charge is 0.232 e. The molecule has 0 fully saturated rings. The van der Waals surface area contributed by atoms with Crippen LogP contribution in [0.2, 0.25) is 0 Å². The Morgan fingerprint density at radius 1 is 1.13 bits per heavy atom. The minimum Gasteiger partial charge on any atom is -0.485 e. The van der Waals surface area contributed by atoms with Gasteiger partial charge in [-0.3, -0.25) is 4.90 Å². The molecule has 1 aliphatic heterocycles. The number of rotatable bonds is 7. The van der Waals surface area contributed by atoms with E-state index in [1.54, 1.807) is 0 Å². The van der Waals surface area contributed by atoms with Gasteiger partial charge in [0.1, 0.15) is 17.7 Å². The fourth-order valence-electron chi connectivity index (χ4n) is 3.83. The molecule has 2 heterocycles. The zero-order valence-corrected chi connectivity index (χ0v) is 18.2. The Labute approximate surface area is 183 Å². The highest BCUT2D eigenvalue weighted by Gasteiger charge is 2.25. The summed E-state index contributed by atoms with van der Waals surface area (Å²) in [6.07, 6.45) is 0.0589. The molecule has 0 saturated heterocycles. The molecule has 1 aliphatic rings. The molecule has 31 heavy (non-hydrogen) atoms. The van der Waals surface area contributed by atoms with Crippen LogP contribution in [0.4, 0.5) is 23.3 Å². The van der Waals surface area contributed by atoms with Crippen LogP contribution in [0, 0.1) is 6.92 Å². The topological polar surface area (TPSA) is 92.4 Å². The van der Waals surface area contributed by atoms with Crippen molar-refractivity contribution in [1.29, 1.82) is 0 Å². The van der Waals surface area contributed by atoms with Gasteiger partial charge in [-0.2, -0.15) is 15.0 Å². The Balaban J connectivity index is 1.42. The van der Waals surface area contributed by atoms with Gasteiger partial charge in [0.05, 0.1) is 18.8 Å². The summed E-state index contributed by atoms with van der Waals surface area (Å²) >= 11 is 0. The summed E-state index contributed by atoms with van der Waals surface area (Å²) in [5.74, 6) is 2.21. The molecule has 0 aliphatic carbocycles. The van der Waals surface area contributed by atoms with E-state index in [4.69, 9.17) is 10.5 Å². The van der Waals surface area contributed by atoms with Crippen molar-refractivity contribution in [2.45, 2.75) is 26.5 Å². The molecule has 0 radical (unpaired) electrons. The molecule has 2 aromatic carbocycles. The number of ether oxygens (including phenoxy) is 1. The Morgan fingerprint density at radius 3 is 2.71 bits per heavy atom. The monoisotopic (exact) mass is 419 g/mol. The molecule has 4 rings (SSSR count). The van der Waals surface area contributed by atoms with E-state index < -0.39 is 0 Å². The maximum Gasteiger partial charge on any atom is 0.232 e. The van der Waals surface area contributed by atoms with Crippen molar-refractivity contribution in [1.82, 2.24) is 19.9 Å². The van der Waals surface area contributed by atoms with Crippen LogP contribution in [0.15, 0.2) is 48.5 Å². The molecule has 0 bridgehead atoms. The van der Waals surface area contributed by atoms with Crippen molar-refractivity contribution in [2.75, 3.05) is 42.6 Å². The van der Waals surface area contributed by atoms with Gasteiger partial charge in [0.2, 0.25) is 11.9 Å². The number of aryl methyl sites for hydroxylation is 1. The van der Waals surface area contributed by atoms with E-state index in [0.717, 1.165) is 42.3 Å². The predicted octanol–water partition coefficient (Wildman–Crippen LogP) is 3.23. The third-order valence-corrected chi connectivity index (χ3v) is 5.32. The second-order valence-corrected chi connectivity index (χ2v) is 7.82. The lowest BCUT2D eigenvalue weighted by molar-refractivity contribution is 0.138. The van der Waals surface area contributed by atoms with E-state index in [9.17, 15) is 0 Å². The first-order valence-electron chi connectivity index (χ1n) is 10.5. The van der Waals surface area contributed by atoms with Gasteiger partial charge in [-0.1, -0.05) is 30.3 Å². The van der Waals surface area contributed by atoms with Gasteiger partial charge in [0.25, 0.3) is 0 Å². The third kappa shape index (κ3) is 5.03. The molecule has 3 N–H and O–H groups in total. The standard InChI is InChI=1S/C23H29N7O/c1-4-30-14-17(31-20-12-8-7-11-19(20)30)13-29(3)15-21-26-22(24)28-23(27-21)25-18-10-6-5-9-16(18)2/h5-12,17H,4,13-15H2,1-3H3,(H3,24,25,26,27,28). The predicted molar refractivity (Wildman–Crippen MR) is 124 cm³/mol. The quantitative estimate of drug-likeness (QED) is 0.603. The van der Waals surface area contributed by atoms with Crippen LogP contribution >= 0.6 is 0 Å². The number of anilines is 4. The number of nitrogens with two attached hydrogens (primary N) is 1. The van der Waals surface area contributed by atoms with Crippen LogP contribution in [-0.4, -0.2) is 52.6 Å². The van der Waals surface area contributed by atoms with Gasteiger partial charge in [-0.05, 0) is 44.7 Å². The molecular weight excluding hydrogens is 390 g/mol. The molecule has 162 valence electrons. The van der Waals surface area contributed by atoms with E-state index in [0.29, 0.717) is 18.3 Å². The van der Waals surface area contributed by atoms with Gasteiger partial charge < -0.3 is 20.7 Å². The lowest BCUT2D eigenvalue weighted by Gasteiger charge is -2.37. The van der Waals surface area contributed by atoms with E-state index in [1.807, 2.05) is 56.4 Å². The number of para-hydroxylation sites is 3. The van der Waals surface area contributed by atoms with Crippen molar-refractivity contribution < 1.29 is 4.74 Å². The molecule has 0 spiro atoms. The summed E-state index contributed by atoms with van der Waals surface area (Å²) in [5, 5.41) is 3.24. The van der Waals surface area contributed by atoms with Gasteiger partial charge in [-0.15, -0.1) is 0 Å². The fraction of sp³-hybridized carbons (Fsp3) is 0.348. The highest BCUT2D eigenvalue weighted by molar-refractivity contribution is 5.60. The Hall–Kier alpha value is -3.39. The van der Waals surface area contributed by atoms with E-state index in [2.05, 4.69) is 43.1 Å². The van der Waals surface area contributed by atoms with Crippen molar-refractivity contribution in [3.63, 3.8) is 0 Å². The largest absolute Gasteiger partial charge is 0.485 e. The average molecular weight is 420 g/mol. The summed E-state index contributed by atoms with van der Waals surface area (Å²) in [7, 11) is 2.04. The third-order valence-electron chi connectivity index (χ3n) is 5.32. The summed E-state index contributed by atoms with van der Waals surface area (Å²) in [6, 6.07) is 16.2. The number of nitrogen functional groups attached to an aromatic ring is 1. The van der Waals surface area contributed by atoms with Crippen molar-refractivity contribution in [3.8, 4) is 5.75 Å². The maximum absolute atomic E-state index is 6.24. The number of aromatic nitrogens is 3. The van der Waals surface area contributed by atoms with E-state index >= 15 is 0 Å². The lowest BCUT2D eigenvalue weighted by atomic mass is 10.2. The van der Waals surface area contributed by atoms with Crippen molar-refractivity contribution in [3.05, 3.63) is 59.9 Å². The van der Waals surface area contributed by atoms with Crippen molar-refractivity contribution in [2.24, 2.45) is 0 Å². The van der Waals surface area contributed by atoms with E-state index in [1.165, 1.54) is 0 Å². The van der Waals surface area contributed by atoms with Crippen LogP contribution in [-0.2, 0) is 6.54 Å². The SMILES string of the molecule is CCN1CC(CN(C)Cc2nc(N)nc(Nc3ccccc3C)n2)Oc2ccccc21. The number of nitrogens with one attached hydrogen (secondary N) is 1. The Bertz CT molecular complexity index is 1040. The first-order chi connectivity index (χ1) is 15.0. The number of hydrogen-bond acceptors (Lipinski definition) is 8. The van der Waals surface area contributed by atoms with Crippen LogP contribution in [0.3, 0.4) is 0 Å². The van der Waals surface area contributed by atoms with Gasteiger partial charge in [0, 0.05) is 18.8 Å². The minimum atomic E-state index is 0.0589. The number of hydrogen-bond donors (Lipinski definition) is 2. The first-order valence-corrected chi connectivity index (χ1v) is 10.5. The average Bonchev–Trinajstić information content (AvgIpc) is 2.74. The second-order valence-electron chi connectivity index (χ2n) is 7.82. The van der Waals surface area contributed by atoms with E-state index in [-0.39, 0.29) is 12.1 Å². The molecule has 0 amide bonds. The summed E-state index contributed by atoms with van der Waals surface area (Å²) in [4.78, 5) is 17.6. The number of likely N-dealkylation sites (N-methyl/N-ethyl adjacent to an activating group) is 2. The van der Waals surface area contributed by atoms with Crippen molar-refractivity contribution >= 4 is 23.3 Å². The molecular formula is C23H29N7O. The summed E-state index contributed by atoms with van der Waals surface area (Å²) < 4.78 is 6.24. The fourth-order valence-corrected chi connectivity index (χ4v) is 3.83. The van der Waals surface area contributed by atoms with Crippen LogP contribution < -0.4 is 20.7 Å². The molecule has 8 nitrogen and oxygen atoms in total. The second kappa shape index (κ2) is 9.18. The van der Waals surface area contributed by atoms with Crippen LogP contribution in [0.1, 0.15) is 18.3 Å². The molecule has 1 unspecified atom stereocenters. The Morgan fingerprint density at radius 2 is 1.90 bits per heavy atom. The maximum atomic E-state index is 6.24. The Kier molecular flexibility index (Phi) is 6.18. The molecule has 3 aromatic rings. The van der Waals surface area contributed by atoms with Crippen LogP contribution in [0.25, 0.3) is 0 Å². The number of fused-ring (bicyclic) bond motifs is 1. The van der Waals surface area contributed by atoms with Gasteiger partial charge in [-0.25, -0.2) is 0 Å². The molecule has 8 heteroatoms. The number of benzene rings is 2. The molecule has 1 atom stereocenters. The molecule has 1 aromatic heterocycles.